The first-order chi connectivity index (χ1) is 33.3. The lowest BCUT2D eigenvalue weighted by Crippen LogP contribution is -2.65. The Bertz CT molecular complexity index is 2560. The van der Waals surface area contributed by atoms with Crippen LogP contribution in [0.3, 0.4) is 0 Å². The third-order valence-corrected chi connectivity index (χ3v) is 11.6. The van der Waals surface area contributed by atoms with Crippen LogP contribution < -0.4 is 24.4 Å². The van der Waals surface area contributed by atoms with Gasteiger partial charge in [0.05, 0.1) is 27.4 Å². The minimum absolute atomic E-state index is 0.0302. The molecule has 382 valence electrons. The van der Waals surface area contributed by atoms with Crippen LogP contribution in [0.2, 0.25) is 0 Å². The summed E-state index contributed by atoms with van der Waals surface area (Å²) in [6.07, 6.45) is -26.2. The van der Waals surface area contributed by atoms with Gasteiger partial charge in [-0.05, 0) is 42.0 Å². The molecule has 3 aliphatic heterocycles. The van der Waals surface area contributed by atoms with E-state index in [0.29, 0.717) is 5.56 Å². The van der Waals surface area contributed by atoms with Crippen molar-refractivity contribution in [1.82, 2.24) is 0 Å². The Morgan fingerprint density at radius 3 is 1.84 bits per heavy atom. The van der Waals surface area contributed by atoms with Crippen molar-refractivity contribution in [2.75, 3.05) is 34.0 Å². The summed E-state index contributed by atoms with van der Waals surface area (Å²) in [7, 11) is 2.59. The van der Waals surface area contributed by atoms with Gasteiger partial charge < -0.3 is 119 Å². The molecule has 0 saturated carbocycles. The summed E-state index contributed by atoms with van der Waals surface area (Å²) < 4.78 is 55.7. The van der Waals surface area contributed by atoms with Gasteiger partial charge in [0.2, 0.25) is 29.5 Å². The highest BCUT2D eigenvalue weighted by molar-refractivity contribution is 5.89. The van der Waals surface area contributed by atoms with Gasteiger partial charge in [0, 0.05) is 23.8 Å². The summed E-state index contributed by atoms with van der Waals surface area (Å²) in [6.45, 7) is -2.56. The number of phenols is 4. The Morgan fingerprint density at radius 1 is 0.643 bits per heavy atom. The average molecular weight is 995 g/mol. The third-order valence-electron chi connectivity index (χ3n) is 11.6. The summed E-state index contributed by atoms with van der Waals surface area (Å²) in [6, 6.07) is 7.71. The number of carbonyl (C=O) groups is 1. The molecule has 0 amide bonds. The van der Waals surface area contributed by atoms with Crippen molar-refractivity contribution < 1.29 is 123 Å². The molecule has 15 atom stereocenters. The first-order valence-electron chi connectivity index (χ1n) is 21.1. The van der Waals surface area contributed by atoms with E-state index in [1.165, 1.54) is 32.4 Å². The molecule has 14 N–H and O–H groups in total. The Labute approximate surface area is 393 Å². The monoisotopic (exact) mass is 994 g/mol. The van der Waals surface area contributed by atoms with Crippen LogP contribution in [0, 0.1) is 0 Å². The molecule has 3 aromatic carbocycles. The highest BCUT2D eigenvalue weighted by Crippen LogP contribution is 2.41. The molecule has 0 bridgehead atoms. The van der Waals surface area contributed by atoms with E-state index >= 15 is 0 Å². The van der Waals surface area contributed by atoms with E-state index in [4.69, 9.17) is 47.0 Å². The predicted molar refractivity (Wildman–Crippen MR) is 228 cm³/mol. The van der Waals surface area contributed by atoms with Crippen LogP contribution in [0.25, 0.3) is 28.4 Å². The number of ether oxygens (including phenoxy) is 9. The van der Waals surface area contributed by atoms with Crippen LogP contribution in [-0.2, 0) is 28.5 Å². The average Bonchev–Trinajstić information content (AvgIpc) is 3.34. The van der Waals surface area contributed by atoms with Gasteiger partial charge in [-0.1, -0.05) is 0 Å². The number of aromatic hydroxyl groups is 4. The quantitative estimate of drug-likeness (QED) is 0.0316. The fourth-order valence-electron chi connectivity index (χ4n) is 7.71. The Morgan fingerprint density at radius 2 is 1.23 bits per heavy atom. The molecule has 26 heteroatoms. The van der Waals surface area contributed by atoms with E-state index in [1.54, 1.807) is 0 Å². The number of aliphatic hydroxyl groups excluding tert-OH is 10. The number of rotatable bonds is 15. The van der Waals surface area contributed by atoms with E-state index in [9.17, 15) is 81.1 Å². The predicted octanol–water partition coefficient (Wildman–Crippen LogP) is -3.25. The molecule has 26 nitrogen and oxygen atoms in total. The van der Waals surface area contributed by atoms with Crippen LogP contribution in [-0.4, -0.2) is 204 Å². The molecule has 4 aromatic rings. The summed E-state index contributed by atoms with van der Waals surface area (Å²) in [5.41, 5.74) is -1.55. The number of hydrogen-bond acceptors (Lipinski definition) is 26. The fraction of sp³-hybridized carbons (Fsp3) is 0.455. The molecule has 3 aliphatic rings. The zero-order valence-corrected chi connectivity index (χ0v) is 36.6. The lowest BCUT2D eigenvalue weighted by atomic mass is 9.97. The zero-order valence-electron chi connectivity index (χ0n) is 36.6. The SMILES string of the molecule is COc1cc(/C=C/C(=O)OC[C@H]2O[C@@H](O[C@H]3[C@H](Oc4c(-c5ccc(O)c(O)c5)oc5cc(O[C@@H]6O[C@@H](CO)[C@H](O)[C@@H](O)[C@H]6O)cc(O)c5c4=O)O[C@H](CO)[C@@H](O)[C@@H]3O)[C@H](O)[C@@H](O)[C@@H]2O)cc(OC)c1O. The van der Waals surface area contributed by atoms with Crippen LogP contribution in [0.15, 0.2) is 57.8 Å². The molecule has 70 heavy (non-hydrogen) atoms. The summed E-state index contributed by atoms with van der Waals surface area (Å²) in [5, 5.41) is 147. The first kappa shape index (κ1) is 51.8. The molecule has 0 spiro atoms. The van der Waals surface area contributed by atoms with Gasteiger partial charge in [-0.3, -0.25) is 4.79 Å². The van der Waals surface area contributed by atoms with Crippen molar-refractivity contribution in [2.45, 2.75) is 92.1 Å². The number of esters is 1. The molecule has 1 aromatic heterocycles. The third kappa shape index (κ3) is 10.4. The smallest absolute Gasteiger partial charge is 0.330 e. The molecule has 0 radical (unpaired) electrons. The van der Waals surface area contributed by atoms with Crippen molar-refractivity contribution in [2.24, 2.45) is 0 Å². The standard InChI is InChI=1S/C44H50O26/c1-61-22-7-15(8-23(62-2)29(22)51)3-6-27(50)63-14-26-32(54)35(57)38(60)43(68-26)70-41-36(58)31(53)25(13-46)67-44(41)69-40-33(55)28-20(49)10-17(64-42-37(59)34(56)30(52)24(12-45)66-42)11-21(28)65-39(40)16-4-5-18(47)19(48)9-16/h3-11,24-26,30-32,34-38,41-49,51-54,56-60H,12-14H2,1-2H3/b6-3+/t24-,25+,26+,30-,31+,32+,34+,35-,36-,37+,38+,41+,42+,43-,44-/m0/s1. The van der Waals surface area contributed by atoms with Crippen LogP contribution in [0.5, 0.6) is 46.0 Å². The van der Waals surface area contributed by atoms with Crippen molar-refractivity contribution in [1.29, 1.82) is 0 Å². The Balaban J connectivity index is 1.18. The van der Waals surface area contributed by atoms with Crippen molar-refractivity contribution >= 4 is 23.0 Å². The van der Waals surface area contributed by atoms with Gasteiger partial charge >= 0.3 is 5.97 Å². The maximum atomic E-state index is 14.5. The number of carbonyl (C=O) groups excluding carboxylic acids is 1. The molecular formula is C44H50O26. The largest absolute Gasteiger partial charge is 0.507 e. The van der Waals surface area contributed by atoms with Crippen molar-refractivity contribution in [3.8, 4) is 57.3 Å². The van der Waals surface area contributed by atoms with Gasteiger partial charge in [0.15, 0.2) is 41.2 Å². The van der Waals surface area contributed by atoms with Crippen molar-refractivity contribution in [3.05, 3.63) is 64.3 Å². The Hall–Kier alpha value is -6.08. The molecule has 4 heterocycles. The minimum Gasteiger partial charge on any atom is -0.507 e. The number of methoxy groups -OCH3 is 2. The lowest BCUT2D eigenvalue weighted by molar-refractivity contribution is -0.358. The van der Waals surface area contributed by atoms with Gasteiger partial charge in [-0.25, -0.2) is 4.79 Å². The van der Waals surface area contributed by atoms with E-state index in [0.717, 1.165) is 36.4 Å². The minimum atomic E-state index is -2.14. The van der Waals surface area contributed by atoms with E-state index in [1.807, 2.05) is 0 Å². The van der Waals surface area contributed by atoms with Crippen LogP contribution in [0.1, 0.15) is 5.56 Å². The number of phenolic OH excluding ortho intramolecular Hbond substituents is 4. The fourth-order valence-corrected chi connectivity index (χ4v) is 7.71. The number of benzene rings is 3. The number of fused-ring (bicyclic) bond motifs is 1. The maximum absolute atomic E-state index is 14.5. The van der Waals surface area contributed by atoms with Gasteiger partial charge in [0.25, 0.3) is 0 Å². The highest BCUT2D eigenvalue weighted by Gasteiger charge is 2.52. The van der Waals surface area contributed by atoms with Gasteiger partial charge in [-0.15, -0.1) is 0 Å². The van der Waals surface area contributed by atoms with Crippen LogP contribution >= 0.6 is 0 Å². The lowest BCUT2D eigenvalue weighted by Gasteiger charge is -2.45. The summed E-state index contributed by atoms with van der Waals surface area (Å²) >= 11 is 0. The van der Waals surface area contributed by atoms with E-state index in [2.05, 4.69) is 0 Å². The molecule has 3 fully saturated rings. The van der Waals surface area contributed by atoms with Crippen molar-refractivity contribution in [3.63, 3.8) is 0 Å². The van der Waals surface area contributed by atoms with Crippen LogP contribution in [0.4, 0.5) is 0 Å². The second kappa shape index (κ2) is 21.5. The summed E-state index contributed by atoms with van der Waals surface area (Å²) in [5.74, 6) is -5.29. The normalized spacial score (nSPS) is 31.3. The second-order valence-corrected chi connectivity index (χ2v) is 16.1. The highest BCUT2D eigenvalue weighted by atomic mass is 16.8. The molecule has 0 unspecified atom stereocenters. The maximum Gasteiger partial charge on any atom is 0.330 e. The first-order valence-corrected chi connectivity index (χ1v) is 21.1. The Kier molecular flexibility index (Phi) is 15.9. The zero-order chi connectivity index (χ0) is 50.9. The molecule has 7 rings (SSSR count). The topological polar surface area (TPSA) is 414 Å². The van der Waals surface area contributed by atoms with Gasteiger partial charge in [0.1, 0.15) is 96.2 Å². The van der Waals surface area contributed by atoms with Gasteiger partial charge in [-0.2, -0.15) is 0 Å². The molecule has 3 saturated heterocycles. The number of aliphatic hydroxyl groups is 10. The second-order valence-electron chi connectivity index (χ2n) is 16.1. The number of hydrogen-bond donors (Lipinski definition) is 14. The molecular weight excluding hydrogens is 944 g/mol. The summed E-state index contributed by atoms with van der Waals surface area (Å²) in [4.78, 5) is 27.2. The van der Waals surface area contributed by atoms with E-state index in [-0.39, 0.29) is 28.6 Å². The van der Waals surface area contributed by atoms with E-state index < -0.39 is 163 Å². The molecule has 0 aliphatic carbocycles.